The molecule has 8 nitrogen and oxygen atoms in total. The third-order valence-electron chi connectivity index (χ3n) is 5.03. The molecule has 0 aliphatic heterocycles. The summed E-state index contributed by atoms with van der Waals surface area (Å²) in [5, 5.41) is 12.4. The summed E-state index contributed by atoms with van der Waals surface area (Å²) in [5.74, 6) is -0.151. The van der Waals surface area contributed by atoms with Gasteiger partial charge in [0.05, 0.1) is 32.1 Å². The largest absolute Gasteiger partial charge is 0.493 e. The number of nitrogens with one attached hydrogen (secondary N) is 1. The van der Waals surface area contributed by atoms with Crippen molar-refractivity contribution in [2.45, 2.75) is 37.3 Å². The van der Waals surface area contributed by atoms with E-state index < -0.39 is 29.9 Å². The number of hydrogen-bond donors (Lipinski definition) is 2. The molecule has 3 rings (SSSR count). The second-order valence-corrected chi connectivity index (χ2v) is 7.98. The molecule has 1 heterocycles. The van der Waals surface area contributed by atoms with Crippen molar-refractivity contribution >= 4 is 17.5 Å². The number of ether oxygens (including phenoxy) is 4. The Morgan fingerprint density at radius 2 is 1.94 bits per heavy atom. The Kier molecular flexibility index (Phi) is 8.24. The summed E-state index contributed by atoms with van der Waals surface area (Å²) < 4.78 is 62.3. The molecule has 1 aromatic carbocycles. The van der Waals surface area contributed by atoms with E-state index in [9.17, 15) is 23.1 Å². The molecule has 34 heavy (non-hydrogen) atoms. The number of hydrogen-bond acceptors (Lipinski definition) is 7. The van der Waals surface area contributed by atoms with Gasteiger partial charge in [-0.1, -0.05) is 17.7 Å². The van der Waals surface area contributed by atoms with Gasteiger partial charge in [-0.05, 0) is 37.1 Å². The molecule has 2 aromatic rings. The number of amides is 1. The molecule has 1 saturated carbocycles. The maximum atomic E-state index is 13.9. The van der Waals surface area contributed by atoms with E-state index in [1.54, 1.807) is 0 Å². The molecule has 0 bridgehead atoms. The van der Waals surface area contributed by atoms with Crippen LogP contribution in [0.3, 0.4) is 0 Å². The summed E-state index contributed by atoms with van der Waals surface area (Å²) in [6.45, 7) is -1.29. The molecule has 0 radical (unpaired) electrons. The van der Waals surface area contributed by atoms with Crippen LogP contribution in [0, 0.1) is 0 Å². The number of aliphatic hydroxyl groups is 1. The third-order valence-corrected chi connectivity index (χ3v) is 5.35. The van der Waals surface area contributed by atoms with Crippen LogP contribution in [0.2, 0.25) is 5.15 Å². The summed E-state index contributed by atoms with van der Waals surface area (Å²) >= 11 is 5.99. The van der Waals surface area contributed by atoms with Crippen molar-refractivity contribution in [2.24, 2.45) is 0 Å². The number of alkyl halides is 3. The number of nitrogens with zero attached hydrogens (tertiary/aromatic N) is 1. The predicted molar refractivity (Wildman–Crippen MR) is 115 cm³/mol. The van der Waals surface area contributed by atoms with E-state index in [0.29, 0.717) is 11.3 Å². The maximum absolute atomic E-state index is 13.9. The number of methoxy groups -OCH3 is 2. The molecule has 1 unspecified atom stereocenters. The highest BCUT2D eigenvalue weighted by Crippen LogP contribution is 2.39. The van der Waals surface area contributed by atoms with Crippen LogP contribution in [-0.2, 0) is 21.7 Å². The predicted octanol–water partition coefficient (Wildman–Crippen LogP) is 3.59. The zero-order valence-electron chi connectivity index (χ0n) is 18.4. The van der Waals surface area contributed by atoms with Crippen molar-refractivity contribution in [1.82, 2.24) is 10.3 Å². The molecular formula is C22H24ClF3N2O6. The maximum Gasteiger partial charge on any atom is 0.424 e. The van der Waals surface area contributed by atoms with Crippen LogP contribution in [0.1, 0.15) is 34.5 Å². The first-order valence-electron chi connectivity index (χ1n) is 10.2. The molecule has 1 fully saturated rings. The van der Waals surface area contributed by atoms with Crippen LogP contribution in [-0.4, -0.2) is 55.8 Å². The molecule has 186 valence electrons. The van der Waals surface area contributed by atoms with Gasteiger partial charge in [-0.15, -0.1) is 0 Å². The SMILES string of the molecule is COCOCc1ccc(C(O)(CNC(=O)c2ccc(OC3CC3)c(OC)c2)C(F)(F)F)nc1Cl. The van der Waals surface area contributed by atoms with E-state index >= 15 is 0 Å². The van der Waals surface area contributed by atoms with Gasteiger partial charge in [-0.25, -0.2) is 4.98 Å². The zero-order chi connectivity index (χ0) is 24.9. The van der Waals surface area contributed by atoms with Gasteiger partial charge >= 0.3 is 6.18 Å². The van der Waals surface area contributed by atoms with Crippen LogP contribution in [0.25, 0.3) is 0 Å². The minimum atomic E-state index is -5.16. The fourth-order valence-electron chi connectivity index (χ4n) is 2.95. The standard InChI is InChI=1S/C22H24ClF3N2O6/c1-31-12-33-10-14-4-8-18(28-19(14)23)21(30,22(24,25)26)11-27-20(29)13-3-7-16(17(9-13)32-2)34-15-5-6-15/h3-4,7-9,15,30H,5-6,10-12H2,1-2H3,(H,27,29). The Morgan fingerprint density at radius 3 is 2.53 bits per heavy atom. The molecule has 1 amide bonds. The van der Waals surface area contributed by atoms with Crippen LogP contribution in [0.4, 0.5) is 13.2 Å². The summed E-state index contributed by atoms with van der Waals surface area (Å²) in [7, 11) is 2.80. The normalized spacial score (nSPS) is 15.5. The van der Waals surface area contributed by atoms with E-state index in [1.807, 2.05) is 0 Å². The van der Waals surface area contributed by atoms with Crippen LogP contribution < -0.4 is 14.8 Å². The molecule has 12 heteroatoms. The zero-order valence-corrected chi connectivity index (χ0v) is 19.2. The van der Waals surface area contributed by atoms with E-state index in [2.05, 4.69) is 10.3 Å². The summed E-state index contributed by atoms with van der Waals surface area (Å²) in [5.41, 5.74) is -3.93. The van der Waals surface area contributed by atoms with Crippen LogP contribution >= 0.6 is 11.6 Å². The lowest BCUT2D eigenvalue weighted by Gasteiger charge is -2.30. The van der Waals surface area contributed by atoms with Crippen LogP contribution in [0.5, 0.6) is 11.5 Å². The van der Waals surface area contributed by atoms with Crippen molar-refractivity contribution in [3.63, 3.8) is 0 Å². The first-order chi connectivity index (χ1) is 16.1. The summed E-state index contributed by atoms with van der Waals surface area (Å²) in [6.07, 6.45) is -3.24. The van der Waals surface area contributed by atoms with E-state index in [4.69, 9.17) is 30.5 Å². The number of benzene rings is 1. The van der Waals surface area contributed by atoms with Crippen molar-refractivity contribution in [3.05, 3.63) is 52.3 Å². The van der Waals surface area contributed by atoms with Crippen molar-refractivity contribution in [2.75, 3.05) is 27.6 Å². The monoisotopic (exact) mass is 504 g/mol. The molecular weight excluding hydrogens is 481 g/mol. The first-order valence-corrected chi connectivity index (χ1v) is 10.6. The van der Waals surface area contributed by atoms with Gasteiger partial charge in [0.25, 0.3) is 5.91 Å². The number of rotatable bonds is 11. The van der Waals surface area contributed by atoms with Crippen molar-refractivity contribution < 1.29 is 42.0 Å². The second-order valence-electron chi connectivity index (χ2n) is 7.62. The van der Waals surface area contributed by atoms with E-state index in [1.165, 1.54) is 38.5 Å². The number of pyridine rings is 1. The van der Waals surface area contributed by atoms with E-state index in [-0.39, 0.29) is 36.0 Å². The highest BCUT2D eigenvalue weighted by molar-refractivity contribution is 6.30. The van der Waals surface area contributed by atoms with Gasteiger partial charge in [0.1, 0.15) is 11.9 Å². The van der Waals surface area contributed by atoms with Gasteiger partial charge < -0.3 is 29.4 Å². The average Bonchev–Trinajstić information content (AvgIpc) is 3.62. The topological polar surface area (TPSA) is 99.1 Å². The Bertz CT molecular complexity index is 1020. The molecule has 1 aliphatic rings. The third kappa shape index (κ3) is 6.09. The molecule has 1 aliphatic carbocycles. The summed E-state index contributed by atoms with van der Waals surface area (Å²) in [4.78, 5) is 16.3. The van der Waals surface area contributed by atoms with Crippen LogP contribution in [0.15, 0.2) is 30.3 Å². The number of halogens is 4. The molecule has 1 aromatic heterocycles. The van der Waals surface area contributed by atoms with Gasteiger partial charge in [-0.3, -0.25) is 4.79 Å². The number of aromatic nitrogens is 1. The fraction of sp³-hybridized carbons (Fsp3) is 0.455. The highest BCUT2D eigenvalue weighted by atomic mass is 35.5. The minimum absolute atomic E-state index is 0.0288. The van der Waals surface area contributed by atoms with E-state index in [0.717, 1.165) is 18.9 Å². The average molecular weight is 505 g/mol. The lowest BCUT2D eigenvalue weighted by molar-refractivity contribution is -0.265. The lowest BCUT2D eigenvalue weighted by Crippen LogP contribution is -2.51. The Hall–Kier alpha value is -2.60. The Balaban J connectivity index is 1.76. The van der Waals surface area contributed by atoms with Gasteiger partial charge in [0.2, 0.25) is 5.60 Å². The molecule has 1 atom stereocenters. The van der Waals surface area contributed by atoms with Gasteiger partial charge in [-0.2, -0.15) is 13.2 Å². The second kappa shape index (κ2) is 10.8. The molecule has 2 N–H and O–H groups in total. The highest BCUT2D eigenvalue weighted by Gasteiger charge is 2.56. The lowest BCUT2D eigenvalue weighted by atomic mass is 9.97. The van der Waals surface area contributed by atoms with Gasteiger partial charge in [0, 0.05) is 18.2 Å². The number of carbonyl (C=O) groups is 1. The quantitative estimate of drug-likeness (QED) is 0.274. The molecule has 0 spiro atoms. The Labute approximate surface area is 198 Å². The Morgan fingerprint density at radius 1 is 1.21 bits per heavy atom. The fourth-order valence-corrected chi connectivity index (χ4v) is 3.16. The molecule has 0 saturated heterocycles. The van der Waals surface area contributed by atoms with Crippen molar-refractivity contribution in [1.29, 1.82) is 0 Å². The smallest absolute Gasteiger partial charge is 0.424 e. The summed E-state index contributed by atoms with van der Waals surface area (Å²) in [6, 6.07) is 6.48. The first kappa shape index (κ1) is 26.0. The van der Waals surface area contributed by atoms with Gasteiger partial charge in [0.15, 0.2) is 11.5 Å². The van der Waals surface area contributed by atoms with Crippen molar-refractivity contribution in [3.8, 4) is 11.5 Å². The minimum Gasteiger partial charge on any atom is -0.493 e. The number of carbonyl (C=O) groups excluding carboxylic acids is 1.